The van der Waals surface area contributed by atoms with Gasteiger partial charge in [0.25, 0.3) is 0 Å². The maximum Gasteiger partial charge on any atom is 0.231 e. The zero-order valence-electron chi connectivity index (χ0n) is 14.2. The molecule has 0 aromatic heterocycles. The summed E-state index contributed by atoms with van der Waals surface area (Å²) < 4.78 is 0. The van der Waals surface area contributed by atoms with Crippen LogP contribution < -0.4 is 0 Å². The fourth-order valence-electron chi connectivity index (χ4n) is 3.22. The van der Waals surface area contributed by atoms with E-state index >= 15 is 0 Å². The first kappa shape index (κ1) is 17.0. The van der Waals surface area contributed by atoms with Gasteiger partial charge in [-0.2, -0.15) is 0 Å². The molecule has 1 atom stereocenters. The number of allylic oxidation sites excluding steroid dienone is 3. The minimum atomic E-state index is -0.692. The lowest BCUT2D eigenvalue weighted by Gasteiger charge is -2.32. The molecule has 1 unspecified atom stereocenters. The SMILES string of the molecule is CC1=CC2=C(C(=O)C1=O)C(C)C(=O)CCC(=O)N2Cc1ccccc1. The number of carbonyl (C=O) groups excluding carboxylic acids is 4. The molecule has 1 aliphatic carbocycles. The topological polar surface area (TPSA) is 71.5 Å². The number of carbonyl (C=O) groups is 4. The smallest absolute Gasteiger partial charge is 0.231 e. The van der Waals surface area contributed by atoms with Gasteiger partial charge >= 0.3 is 0 Å². The summed E-state index contributed by atoms with van der Waals surface area (Å²) in [5.74, 6) is -2.38. The molecule has 0 spiro atoms. The van der Waals surface area contributed by atoms with E-state index in [4.69, 9.17) is 0 Å². The Morgan fingerprint density at radius 1 is 1.00 bits per heavy atom. The third kappa shape index (κ3) is 3.09. The summed E-state index contributed by atoms with van der Waals surface area (Å²) in [5, 5.41) is 0. The molecule has 3 rings (SSSR count). The summed E-state index contributed by atoms with van der Waals surface area (Å²) in [6.45, 7) is 3.49. The summed E-state index contributed by atoms with van der Waals surface area (Å²) in [6, 6.07) is 9.43. The summed E-state index contributed by atoms with van der Waals surface area (Å²) in [5.41, 5.74) is 1.73. The van der Waals surface area contributed by atoms with E-state index in [1.165, 1.54) is 4.90 Å². The van der Waals surface area contributed by atoms with Crippen LogP contribution in [0.4, 0.5) is 0 Å². The highest BCUT2D eigenvalue weighted by atomic mass is 16.2. The summed E-state index contributed by atoms with van der Waals surface area (Å²) in [7, 11) is 0. The Bertz CT molecular complexity index is 833. The quantitative estimate of drug-likeness (QED) is 0.613. The van der Waals surface area contributed by atoms with Crippen LogP contribution in [0.25, 0.3) is 0 Å². The second-order valence-corrected chi connectivity index (χ2v) is 6.44. The number of benzene rings is 1. The summed E-state index contributed by atoms with van der Waals surface area (Å²) in [6.07, 6.45) is 1.74. The fourth-order valence-corrected chi connectivity index (χ4v) is 3.22. The average molecular weight is 337 g/mol. The van der Waals surface area contributed by atoms with Gasteiger partial charge in [-0.25, -0.2) is 0 Å². The molecule has 128 valence electrons. The van der Waals surface area contributed by atoms with Crippen molar-refractivity contribution in [2.24, 2.45) is 5.92 Å². The largest absolute Gasteiger partial charge is 0.308 e. The van der Waals surface area contributed by atoms with E-state index in [2.05, 4.69) is 0 Å². The van der Waals surface area contributed by atoms with Crippen molar-refractivity contribution in [1.29, 1.82) is 0 Å². The monoisotopic (exact) mass is 337 g/mol. The van der Waals surface area contributed by atoms with Gasteiger partial charge in [-0.3, -0.25) is 19.2 Å². The molecule has 0 bridgehead atoms. The van der Waals surface area contributed by atoms with Crippen molar-refractivity contribution in [3.63, 3.8) is 0 Å². The summed E-state index contributed by atoms with van der Waals surface area (Å²) >= 11 is 0. The number of hydrogen-bond acceptors (Lipinski definition) is 4. The van der Waals surface area contributed by atoms with Crippen molar-refractivity contribution in [2.45, 2.75) is 33.2 Å². The molecule has 0 N–H and O–H groups in total. The molecule has 2 aliphatic rings. The second kappa shape index (κ2) is 6.59. The van der Waals surface area contributed by atoms with Crippen molar-refractivity contribution in [1.82, 2.24) is 4.90 Å². The van der Waals surface area contributed by atoms with E-state index in [1.54, 1.807) is 19.9 Å². The van der Waals surface area contributed by atoms with Gasteiger partial charge in [-0.1, -0.05) is 37.3 Å². The lowest BCUT2D eigenvalue weighted by Crippen LogP contribution is -2.39. The molecule has 1 amide bonds. The Balaban J connectivity index is 2.15. The average Bonchev–Trinajstić information content (AvgIpc) is 2.61. The minimum Gasteiger partial charge on any atom is -0.308 e. The molecule has 0 saturated carbocycles. The van der Waals surface area contributed by atoms with Crippen LogP contribution in [0.3, 0.4) is 0 Å². The zero-order valence-corrected chi connectivity index (χ0v) is 14.2. The lowest BCUT2D eigenvalue weighted by molar-refractivity contribution is -0.136. The number of nitrogens with zero attached hydrogens (tertiary/aromatic N) is 1. The minimum absolute atomic E-state index is 0.0756. The van der Waals surface area contributed by atoms with Crippen LogP contribution >= 0.6 is 0 Å². The van der Waals surface area contributed by atoms with Gasteiger partial charge in [0, 0.05) is 29.9 Å². The van der Waals surface area contributed by atoms with Gasteiger partial charge in [0.05, 0.1) is 12.2 Å². The van der Waals surface area contributed by atoms with E-state index in [0.717, 1.165) is 5.56 Å². The van der Waals surface area contributed by atoms with E-state index in [0.29, 0.717) is 12.2 Å². The second-order valence-electron chi connectivity index (χ2n) is 6.44. The van der Waals surface area contributed by atoms with Crippen LogP contribution in [0.2, 0.25) is 0 Å². The third-order valence-corrected chi connectivity index (χ3v) is 4.71. The number of rotatable bonds is 2. The van der Waals surface area contributed by atoms with Crippen LogP contribution in [0, 0.1) is 5.92 Å². The maximum absolute atomic E-state index is 12.7. The standard InChI is InChI=1S/C20H19NO4/c1-12-10-15-18(20(25)19(12)24)13(2)16(22)8-9-17(23)21(15)11-14-6-4-3-5-7-14/h3-7,10,13H,8-9,11H2,1-2H3. The molecule has 1 aromatic rings. The lowest BCUT2D eigenvalue weighted by atomic mass is 9.82. The molecule has 25 heavy (non-hydrogen) atoms. The Morgan fingerprint density at radius 2 is 1.68 bits per heavy atom. The van der Waals surface area contributed by atoms with E-state index in [-0.39, 0.29) is 35.7 Å². The van der Waals surface area contributed by atoms with Gasteiger partial charge in [-0.05, 0) is 18.6 Å². The van der Waals surface area contributed by atoms with Gasteiger partial charge in [0.15, 0.2) is 0 Å². The van der Waals surface area contributed by atoms with Crippen molar-refractivity contribution in [3.8, 4) is 0 Å². The molecule has 1 aromatic carbocycles. The van der Waals surface area contributed by atoms with Crippen LogP contribution in [0.15, 0.2) is 53.3 Å². The first-order valence-electron chi connectivity index (χ1n) is 8.28. The Morgan fingerprint density at radius 3 is 2.36 bits per heavy atom. The molecule has 5 heteroatoms. The fraction of sp³-hybridized carbons (Fsp3) is 0.300. The predicted molar refractivity (Wildman–Crippen MR) is 91.2 cm³/mol. The maximum atomic E-state index is 12.7. The van der Waals surface area contributed by atoms with Gasteiger partial charge in [0.1, 0.15) is 5.78 Å². The van der Waals surface area contributed by atoms with Gasteiger partial charge in [-0.15, -0.1) is 0 Å². The number of Topliss-reactive ketones (excluding diaryl/α,β-unsaturated/α-hetero) is 3. The molecular formula is C20H19NO4. The molecule has 5 nitrogen and oxygen atoms in total. The van der Waals surface area contributed by atoms with Crippen molar-refractivity contribution in [2.75, 3.05) is 0 Å². The van der Waals surface area contributed by atoms with E-state index in [1.807, 2.05) is 30.3 Å². The Labute approximate surface area is 146 Å². The third-order valence-electron chi connectivity index (χ3n) is 4.71. The highest BCUT2D eigenvalue weighted by molar-refractivity contribution is 6.50. The molecule has 0 radical (unpaired) electrons. The Kier molecular flexibility index (Phi) is 4.49. The highest BCUT2D eigenvalue weighted by Crippen LogP contribution is 2.32. The normalized spacial score (nSPS) is 21.8. The van der Waals surface area contributed by atoms with Crippen molar-refractivity contribution < 1.29 is 19.2 Å². The highest BCUT2D eigenvalue weighted by Gasteiger charge is 2.38. The number of amides is 1. The molecule has 0 saturated heterocycles. The van der Waals surface area contributed by atoms with E-state index in [9.17, 15) is 19.2 Å². The van der Waals surface area contributed by atoms with Crippen LogP contribution in [0.5, 0.6) is 0 Å². The molecule has 1 heterocycles. The van der Waals surface area contributed by atoms with E-state index < -0.39 is 17.5 Å². The van der Waals surface area contributed by atoms with Crippen molar-refractivity contribution >= 4 is 23.3 Å². The molecular weight excluding hydrogens is 318 g/mol. The van der Waals surface area contributed by atoms with Crippen LogP contribution in [0.1, 0.15) is 32.3 Å². The number of hydrogen-bond donors (Lipinski definition) is 0. The molecule has 1 aliphatic heterocycles. The van der Waals surface area contributed by atoms with Gasteiger partial charge < -0.3 is 4.90 Å². The zero-order chi connectivity index (χ0) is 18.1. The van der Waals surface area contributed by atoms with Crippen molar-refractivity contribution in [3.05, 3.63) is 58.8 Å². The predicted octanol–water partition coefficient (Wildman–Crippen LogP) is 2.37. The summed E-state index contributed by atoms with van der Waals surface area (Å²) in [4.78, 5) is 51.2. The first-order valence-corrected chi connectivity index (χ1v) is 8.28. The first-order chi connectivity index (χ1) is 11.9. The molecule has 0 fully saturated rings. The Hall–Kier alpha value is -2.82. The van der Waals surface area contributed by atoms with Crippen LogP contribution in [-0.4, -0.2) is 28.2 Å². The number of ketones is 3. The van der Waals surface area contributed by atoms with Gasteiger partial charge in [0.2, 0.25) is 17.5 Å². The van der Waals surface area contributed by atoms with Crippen LogP contribution in [-0.2, 0) is 25.7 Å².